The molecule has 0 aliphatic carbocycles. The zero-order chi connectivity index (χ0) is 24.6. The van der Waals surface area contributed by atoms with Gasteiger partial charge in [0.1, 0.15) is 5.75 Å². The maximum absolute atomic E-state index is 11.5. The molecule has 0 aromatic heterocycles. The second kappa shape index (κ2) is 8.80. The van der Waals surface area contributed by atoms with E-state index in [1.165, 1.54) is 22.3 Å². The van der Waals surface area contributed by atoms with E-state index in [1.54, 1.807) is 0 Å². The van der Waals surface area contributed by atoms with Crippen LogP contribution in [0.5, 0.6) is 5.75 Å². The lowest BCUT2D eigenvalue weighted by molar-refractivity contribution is 0.422. The fraction of sp³-hybridized carbons (Fsp3) is 0.273. The summed E-state index contributed by atoms with van der Waals surface area (Å²) in [6, 6.07) is 36.7. The molecule has 0 heterocycles. The Hall–Kier alpha value is -3.32. The highest BCUT2D eigenvalue weighted by atomic mass is 16.3. The quantitative estimate of drug-likeness (QED) is 0.311. The number of phenolic OH excluding ortho intramolecular Hbond substituents is 1. The normalized spacial score (nSPS) is 12.5. The fourth-order valence-electron chi connectivity index (χ4n) is 5.06. The minimum atomic E-state index is -0.530. The van der Waals surface area contributed by atoms with Crippen molar-refractivity contribution in [2.45, 2.75) is 57.8 Å². The summed E-state index contributed by atoms with van der Waals surface area (Å²) in [5.41, 5.74) is 5.78. The lowest BCUT2D eigenvalue weighted by Gasteiger charge is -2.39. The van der Waals surface area contributed by atoms with Gasteiger partial charge in [0.25, 0.3) is 0 Å². The highest BCUT2D eigenvalue weighted by Gasteiger charge is 2.40. The van der Waals surface area contributed by atoms with Gasteiger partial charge in [-0.1, -0.05) is 133 Å². The summed E-state index contributed by atoms with van der Waals surface area (Å²) in [5, 5.41) is 11.5. The van der Waals surface area contributed by atoms with Crippen molar-refractivity contribution in [3.05, 3.63) is 137 Å². The third kappa shape index (κ3) is 4.16. The lowest BCUT2D eigenvalue weighted by atomic mass is 9.63. The number of hydrogen-bond donors (Lipinski definition) is 1. The van der Waals surface area contributed by atoms with Gasteiger partial charge in [0.05, 0.1) is 5.41 Å². The van der Waals surface area contributed by atoms with Gasteiger partial charge in [-0.25, -0.2) is 0 Å². The van der Waals surface area contributed by atoms with E-state index in [4.69, 9.17) is 0 Å². The van der Waals surface area contributed by atoms with E-state index in [0.29, 0.717) is 5.75 Å². The molecule has 4 rings (SSSR count). The van der Waals surface area contributed by atoms with Crippen LogP contribution in [0.2, 0.25) is 0 Å². The first-order valence-corrected chi connectivity index (χ1v) is 12.1. The van der Waals surface area contributed by atoms with Crippen molar-refractivity contribution in [3.8, 4) is 5.75 Å². The molecule has 0 unspecified atom stereocenters. The summed E-state index contributed by atoms with van der Waals surface area (Å²) in [6.07, 6.45) is 0. The van der Waals surface area contributed by atoms with Crippen LogP contribution >= 0.6 is 0 Å². The number of phenols is 1. The SMILES string of the molecule is CC(C)(C)c1cc(C(c2ccccc2)(c2ccccc2)c2ccccc2)cc(C(C)(C)C)c1O. The van der Waals surface area contributed by atoms with Crippen LogP contribution in [0.25, 0.3) is 0 Å². The summed E-state index contributed by atoms with van der Waals surface area (Å²) in [7, 11) is 0. The standard InChI is InChI=1S/C33H36O/c1-31(2,3)28-22-27(23-29(30(28)34)32(4,5)6)33(24-16-10-7-11-17-24,25-18-12-8-13-19-25)26-20-14-9-15-21-26/h7-23,34H,1-6H3. The molecule has 1 N–H and O–H groups in total. The van der Waals surface area contributed by atoms with Gasteiger partial charge >= 0.3 is 0 Å². The molecular weight excluding hydrogens is 412 g/mol. The zero-order valence-electron chi connectivity index (χ0n) is 21.3. The number of aromatic hydroxyl groups is 1. The van der Waals surface area contributed by atoms with Crippen molar-refractivity contribution in [2.24, 2.45) is 0 Å². The van der Waals surface area contributed by atoms with Crippen LogP contribution in [-0.2, 0) is 16.2 Å². The van der Waals surface area contributed by atoms with E-state index in [1.807, 2.05) is 0 Å². The highest BCUT2D eigenvalue weighted by Crippen LogP contribution is 2.49. The molecule has 0 bridgehead atoms. The van der Waals surface area contributed by atoms with Gasteiger partial charge in [0.15, 0.2) is 0 Å². The number of rotatable bonds is 4. The molecule has 4 aromatic rings. The van der Waals surface area contributed by atoms with Crippen molar-refractivity contribution in [3.63, 3.8) is 0 Å². The predicted molar refractivity (Wildman–Crippen MR) is 144 cm³/mol. The van der Waals surface area contributed by atoms with E-state index in [-0.39, 0.29) is 10.8 Å². The monoisotopic (exact) mass is 448 g/mol. The molecule has 1 nitrogen and oxygen atoms in total. The molecule has 0 fully saturated rings. The topological polar surface area (TPSA) is 20.2 Å². The van der Waals surface area contributed by atoms with E-state index < -0.39 is 5.41 Å². The number of hydrogen-bond acceptors (Lipinski definition) is 1. The first-order chi connectivity index (χ1) is 16.1. The number of benzene rings is 4. The first-order valence-electron chi connectivity index (χ1n) is 12.1. The van der Waals surface area contributed by atoms with Gasteiger partial charge in [-0.2, -0.15) is 0 Å². The third-order valence-corrected chi connectivity index (χ3v) is 6.78. The molecular formula is C33H36O. The van der Waals surface area contributed by atoms with Crippen LogP contribution in [0.3, 0.4) is 0 Å². The van der Waals surface area contributed by atoms with E-state index in [9.17, 15) is 5.11 Å². The Morgan fingerprint density at radius 1 is 0.441 bits per heavy atom. The molecule has 34 heavy (non-hydrogen) atoms. The van der Waals surface area contributed by atoms with Crippen molar-refractivity contribution in [2.75, 3.05) is 0 Å². The van der Waals surface area contributed by atoms with E-state index >= 15 is 0 Å². The molecule has 0 saturated carbocycles. The molecule has 1 heteroatoms. The molecule has 0 amide bonds. The molecule has 0 spiro atoms. The summed E-state index contributed by atoms with van der Waals surface area (Å²) >= 11 is 0. The van der Waals surface area contributed by atoms with Crippen molar-refractivity contribution in [1.29, 1.82) is 0 Å². The highest BCUT2D eigenvalue weighted by molar-refractivity contribution is 5.63. The summed E-state index contributed by atoms with van der Waals surface area (Å²) < 4.78 is 0. The minimum absolute atomic E-state index is 0.212. The Kier molecular flexibility index (Phi) is 6.16. The van der Waals surface area contributed by atoms with Gasteiger partial charge in [0, 0.05) is 0 Å². The molecule has 0 aliphatic rings. The van der Waals surface area contributed by atoms with Crippen LogP contribution in [0.15, 0.2) is 103 Å². The summed E-state index contributed by atoms with van der Waals surface area (Å²) in [4.78, 5) is 0. The Bertz CT molecular complexity index is 1110. The van der Waals surface area contributed by atoms with Crippen LogP contribution in [0.4, 0.5) is 0 Å². The summed E-state index contributed by atoms with van der Waals surface area (Å²) in [5.74, 6) is 0.409. The second-order valence-electron chi connectivity index (χ2n) is 11.3. The van der Waals surface area contributed by atoms with Gasteiger partial charge in [0.2, 0.25) is 0 Å². The lowest BCUT2D eigenvalue weighted by Crippen LogP contribution is -2.32. The van der Waals surface area contributed by atoms with Crippen molar-refractivity contribution >= 4 is 0 Å². The molecule has 174 valence electrons. The van der Waals surface area contributed by atoms with Gasteiger partial charge in [-0.05, 0) is 56.3 Å². The largest absolute Gasteiger partial charge is 0.507 e. The van der Waals surface area contributed by atoms with Gasteiger partial charge in [-0.3, -0.25) is 0 Å². The smallest absolute Gasteiger partial charge is 0.123 e. The van der Waals surface area contributed by atoms with Gasteiger partial charge < -0.3 is 5.11 Å². The fourth-order valence-corrected chi connectivity index (χ4v) is 5.06. The molecule has 0 saturated heterocycles. The first kappa shape index (κ1) is 23.8. The van der Waals surface area contributed by atoms with Crippen LogP contribution in [0.1, 0.15) is 74.9 Å². The Morgan fingerprint density at radius 2 is 0.735 bits per heavy atom. The van der Waals surface area contributed by atoms with Gasteiger partial charge in [-0.15, -0.1) is 0 Å². The van der Waals surface area contributed by atoms with Crippen molar-refractivity contribution in [1.82, 2.24) is 0 Å². The van der Waals surface area contributed by atoms with E-state index in [0.717, 1.165) is 11.1 Å². The molecule has 4 aromatic carbocycles. The molecule has 0 radical (unpaired) electrons. The Labute approximate surface area is 205 Å². The minimum Gasteiger partial charge on any atom is -0.507 e. The maximum Gasteiger partial charge on any atom is 0.123 e. The van der Waals surface area contributed by atoms with Crippen LogP contribution in [-0.4, -0.2) is 5.11 Å². The second-order valence-corrected chi connectivity index (χ2v) is 11.3. The Balaban J connectivity index is 2.23. The van der Waals surface area contributed by atoms with Crippen molar-refractivity contribution < 1.29 is 5.11 Å². The predicted octanol–water partition coefficient (Wildman–Crippen LogP) is 8.37. The summed E-state index contributed by atoms with van der Waals surface area (Å²) in [6.45, 7) is 13.0. The zero-order valence-corrected chi connectivity index (χ0v) is 21.3. The molecule has 0 aliphatic heterocycles. The Morgan fingerprint density at radius 3 is 1.00 bits per heavy atom. The van der Waals surface area contributed by atoms with E-state index in [2.05, 4.69) is 145 Å². The average molecular weight is 449 g/mol. The van der Waals surface area contributed by atoms with Crippen LogP contribution in [0, 0.1) is 0 Å². The third-order valence-electron chi connectivity index (χ3n) is 6.78. The maximum atomic E-state index is 11.5. The van der Waals surface area contributed by atoms with Crippen LogP contribution < -0.4 is 0 Å². The molecule has 0 atom stereocenters. The average Bonchev–Trinajstić information content (AvgIpc) is 2.81.